The molecular weight excluding hydrogens is 188 g/mol. The Morgan fingerprint density at radius 2 is 1.60 bits per heavy atom. The van der Waals surface area contributed by atoms with Gasteiger partial charge in [-0.3, -0.25) is 4.79 Å². The Morgan fingerprint density at radius 1 is 1.20 bits per heavy atom. The number of amides is 1. The number of nitrogens with one attached hydrogen (secondary N) is 2. The lowest BCUT2D eigenvalue weighted by Gasteiger charge is -2.30. The monoisotopic (exact) mass is 218 g/mol. The fourth-order valence-corrected chi connectivity index (χ4v) is 0.793. The van der Waals surface area contributed by atoms with E-state index in [2.05, 4.69) is 10.6 Å². The second kappa shape index (κ2) is 8.72. The molecule has 0 aromatic rings. The molecular formula is C12H30N2O. The summed E-state index contributed by atoms with van der Waals surface area (Å²) in [6.45, 7) is 15.6. The molecule has 0 unspecified atom stereocenters. The second-order valence-electron chi connectivity index (χ2n) is 4.08. The molecule has 1 amide bonds. The maximum Gasteiger partial charge on any atom is 0.225 e. The van der Waals surface area contributed by atoms with Gasteiger partial charge in [-0.05, 0) is 0 Å². The van der Waals surface area contributed by atoms with Gasteiger partial charge in [0.25, 0.3) is 0 Å². The molecule has 1 fully saturated rings. The zero-order chi connectivity index (χ0) is 12.5. The van der Waals surface area contributed by atoms with Crippen molar-refractivity contribution >= 4 is 5.91 Å². The molecule has 0 bridgehead atoms. The van der Waals surface area contributed by atoms with Gasteiger partial charge in [-0.15, -0.1) is 0 Å². The molecule has 0 atom stereocenters. The number of hydrogen-bond acceptors (Lipinski definition) is 2. The lowest BCUT2D eigenvalue weighted by Crippen LogP contribution is -2.58. The third-order valence-corrected chi connectivity index (χ3v) is 1.80. The fraction of sp³-hybridized carbons (Fsp3) is 0.917. The zero-order valence-corrected chi connectivity index (χ0v) is 11.4. The van der Waals surface area contributed by atoms with Crippen LogP contribution in [0.5, 0.6) is 0 Å². The summed E-state index contributed by atoms with van der Waals surface area (Å²) in [5, 5.41) is 6.06. The molecule has 15 heavy (non-hydrogen) atoms. The van der Waals surface area contributed by atoms with Gasteiger partial charge >= 0.3 is 0 Å². The highest BCUT2D eigenvalue weighted by atomic mass is 16.2. The summed E-state index contributed by atoms with van der Waals surface area (Å²) in [6.07, 6.45) is 0. The summed E-state index contributed by atoms with van der Waals surface area (Å²) in [5.74, 6) is 0.143. The van der Waals surface area contributed by atoms with Crippen molar-refractivity contribution < 1.29 is 6.22 Å². The molecule has 1 aliphatic heterocycles. The number of carbonyl (C=O) groups is 1. The van der Waals surface area contributed by atoms with Crippen molar-refractivity contribution in [3.63, 3.8) is 0 Å². The van der Waals surface area contributed by atoms with Crippen molar-refractivity contribution in [2.45, 2.75) is 54.5 Å². The molecule has 0 aromatic heterocycles. The van der Waals surface area contributed by atoms with Crippen LogP contribution in [0, 0.1) is 5.41 Å². The van der Waals surface area contributed by atoms with E-state index in [1.54, 1.807) is 0 Å². The maximum atomic E-state index is 11.3. The first-order valence-corrected chi connectivity index (χ1v) is 6.02. The fourth-order valence-electron chi connectivity index (χ4n) is 0.793. The van der Waals surface area contributed by atoms with Crippen LogP contribution in [-0.4, -0.2) is 25.0 Å². The molecule has 1 aliphatic rings. The van der Waals surface area contributed by atoms with Crippen LogP contribution in [0.15, 0.2) is 0 Å². The van der Waals surface area contributed by atoms with Gasteiger partial charge in [0.1, 0.15) is 0 Å². The van der Waals surface area contributed by atoms with Crippen molar-refractivity contribution in [1.82, 2.24) is 10.6 Å². The van der Waals surface area contributed by atoms with Crippen LogP contribution in [-0.2, 0) is 4.79 Å². The SMILES string of the molecule is CC.CC.CC(C)(C)C(=O)NC1CNC1.[HH]. The first-order valence-electron chi connectivity index (χ1n) is 6.02. The minimum absolute atomic E-state index is 0. The Kier molecular flexibility index (Phi) is 9.79. The topological polar surface area (TPSA) is 41.1 Å². The Morgan fingerprint density at radius 3 is 1.80 bits per heavy atom. The number of rotatable bonds is 1. The summed E-state index contributed by atoms with van der Waals surface area (Å²) >= 11 is 0. The van der Waals surface area contributed by atoms with Gasteiger partial charge in [-0.2, -0.15) is 0 Å². The number of carbonyl (C=O) groups excluding carboxylic acids is 1. The molecule has 0 aromatic carbocycles. The van der Waals surface area contributed by atoms with Crippen LogP contribution < -0.4 is 10.6 Å². The van der Waals surface area contributed by atoms with Crippen molar-refractivity contribution in [3.05, 3.63) is 0 Å². The molecule has 94 valence electrons. The highest BCUT2D eigenvalue weighted by Gasteiger charge is 2.26. The Hall–Kier alpha value is -0.570. The summed E-state index contributed by atoms with van der Waals surface area (Å²) in [6, 6.07) is 0.363. The lowest BCUT2D eigenvalue weighted by molar-refractivity contribution is -0.129. The third kappa shape index (κ3) is 7.37. The minimum atomic E-state index is -0.254. The molecule has 0 aliphatic carbocycles. The Bertz CT molecular complexity index is 163. The van der Waals surface area contributed by atoms with E-state index in [1.807, 2.05) is 48.5 Å². The van der Waals surface area contributed by atoms with E-state index < -0.39 is 0 Å². The summed E-state index contributed by atoms with van der Waals surface area (Å²) in [7, 11) is 0. The van der Waals surface area contributed by atoms with E-state index >= 15 is 0 Å². The minimum Gasteiger partial charge on any atom is -0.350 e. The standard InChI is InChI=1S/C8H16N2O.2C2H6.H2/c1-8(2,3)7(11)10-6-4-9-5-6;2*1-2;/h6,9H,4-5H2,1-3H3,(H,10,11);2*1-2H3;1H. The van der Waals surface area contributed by atoms with E-state index in [9.17, 15) is 4.79 Å². The van der Waals surface area contributed by atoms with E-state index in [4.69, 9.17) is 0 Å². The molecule has 1 heterocycles. The molecule has 1 rings (SSSR count). The highest BCUT2D eigenvalue weighted by Crippen LogP contribution is 2.13. The van der Waals surface area contributed by atoms with Gasteiger partial charge in [-0.1, -0.05) is 48.5 Å². The smallest absolute Gasteiger partial charge is 0.225 e. The average Bonchev–Trinajstić information content (AvgIpc) is 2.16. The van der Waals surface area contributed by atoms with Crippen LogP contribution in [0.25, 0.3) is 0 Å². The molecule has 2 N–H and O–H groups in total. The zero-order valence-electron chi connectivity index (χ0n) is 11.4. The molecule has 0 spiro atoms. The molecule has 0 radical (unpaired) electrons. The third-order valence-electron chi connectivity index (χ3n) is 1.80. The van der Waals surface area contributed by atoms with E-state index in [1.165, 1.54) is 0 Å². The predicted molar refractivity (Wildman–Crippen MR) is 69.1 cm³/mol. The number of hydrogen-bond donors (Lipinski definition) is 2. The molecule has 1 saturated heterocycles. The summed E-state index contributed by atoms with van der Waals surface area (Å²) < 4.78 is 0. The van der Waals surface area contributed by atoms with Gasteiger partial charge in [0.15, 0.2) is 0 Å². The van der Waals surface area contributed by atoms with Gasteiger partial charge in [0.2, 0.25) is 5.91 Å². The van der Waals surface area contributed by atoms with Crippen molar-refractivity contribution in [2.75, 3.05) is 13.1 Å². The van der Waals surface area contributed by atoms with E-state index in [0.717, 1.165) is 13.1 Å². The van der Waals surface area contributed by atoms with Gasteiger partial charge in [0.05, 0.1) is 6.04 Å². The molecule has 3 heteroatoms. The van der Waals surface area contributed by atoms with E-state index in [0.29, 0.717) is 6.04 Å². The summed E-state index contributed by atoms with van der Waals surface area (Å²) in [4.78, 5) is 11.3. The second-order valence-corrected chi connectivity index (χ2v) is 4.08. The van der Waals surface area contributed by atoms with Crippen LogP contribution >= 0.6 is 0 Å². The van der Waals surface area contributed by atoms with Crippen molar-refractivity contribution in [1.29, 1.82) is 0 Å². The van der Waals surface area contributed by atoms with Gasteiger partial charge in [0, 0.05) is 19.9 Å². The maximum absolute atomic E-state index is 11.3. The van der Waals surface area contributed by atoms with Gasteiger partial charge < -0.3 is 10.6 Å². The summed E-state index contributed by atoms with van der Waals surface area (Å²) in [5.41, 5.74) is -0.254. The molecule has 0 saturated carbocycles. The first kappa shape index (κ1) is 16.8. The Balaban J connectivity index is -0.000000305. The van der Waals surface area contributed by atoms with Crippen LogP contribution in [0.2, 0.25) is 0 Å². The predicted octanol–water partition coefficient (Wildman–Crippen LogP) is 2.42. The van der Waals surface area contributed by atoms with Gasteiger partial charge in [-0.25, -0.2) is 0 Å². The van der Waals surface area contributed by atoms with Crippen molar-refractivity contribution in [2.24, 2.45) is 5.41 Å². The Labute approximate surface area is 96.5 Å². The largest absolute Gasteiger partial charge is 0.350 e. The average molecular weight is 218 g/mol. The lowest BCUT2D eigenvalue weighted by atomic mass is 9.95. The highest BCUT2D eigenvalue weighted by molar-refractivity contribution is 5.81. The van der Waals surface area contributed by atoms with Crippen LogP contribution in [0.3, 0.4) is 0 Å². The van der Waals surface area contributed by atoms with E-state index in [-0.39, 0.29) is 12.7 Å². The van der Waals surface area contributed by atoms with Crippen LogP contribution in [0.4, 0.5) is 0 Å². The first-order chi connectivity index (χ1) is 7.00. The quantitative estimate of drug-likeness (QED) is 0.709. The normalized spacial score (nSPS) is 14.9. The molecule has 3 nitrogen and oxygen atoms in total. The van der Waals surface area contributed by atoms with Crippen LogP contribution in [0.1, 0.15) is 49.9 Å². The van der Waals surface area contributed by atoms with Crippen molar-refractivity contribution in [3.8, 4) is 0 Å².